The number of hydrogen-bond acceptors (Lipinski definition) is 3. The molecule has 1 atom stereocenters. The maximum absolute atomic E-state index is 10.7. The van der Waals surface area contributed by atoms with E-state index in [1.54, 1.807) is 4.68 Å². The number of nitrogens with one attached hydrogen (secondary N) is 1. The number of rotatable bonds is 4. The van der Waals surface area contributed by atoms with E-state index in [-0.39, 0.29) is 6.54 Å². The van der Waals surface area contributed by atoms with Crippen LogP contribution in [0.25, 0.3) is 0 Å². The number of carbonyl (C=O) groups is 1. The van der Waals surface area contributed by atoms with Gasteiger partial charge in [0.25, 0.3) is 0 Å². The minimum Gasteiger partial charge on any atom is -0.480 e. The average molecular weight is 223 g/mol. The highest BCUT2D eigenvalue weighted by molar-refractivity contribution is 5.66. The van der Waals surface area contributed by atoms with Crippen molar-refractivity contribution in [2.75, 3.05) is 6.54 Å². The first-order valence-electron chi connectivity index (χ1n) is 5.72. The monoisotopic (exact) mass is 223 g/mol. The molecule has 1 aromatic heterocycles. The zero-order valence-electron chi connectivity index (χ0n) is 9.44. The summed E-state index contributed by atoms with van der Waals surface area (Å²) in [6.45, 7) is 2.97. The highest BCUT2D eigenvalue weighted by Gasteiger charge is 2.23. The van der Waals surface area contributed by atoms with Crippen molar-refractivity contribution in [2.24, 2.45) is 0 Å². The van der Waals surface area contributed by atoms with Crippen LogP contribution in [0.5, 0.6) is 0 Å². The van der Waals surface area contributed by atoms with Crippen LogP contribution in [0.2, 0.25) is 0 Å². The van der Waals surface area contributed by atoms with Gasteiger partial charge in [0.15, 0.2) is 0 Å². The van der Waals surface area contributed by atoms with Crippen molar-refractivity contribution in [3.05, 3.63) is 17.5 Å². The first kappa shape index (κ1) is 11.1. The van der Waals surface area contributed by atoms with E-state index in [9.17, 15) is 4.79 Å². The summed E-state index contributed by atoms with van der Waals surface area (Å²) in [7, 11) is 0. The van der Waals surface area contributed by atoms with Gasteiger partial charge in [0, 0.05) is 17.3 Å². The van der Waals surface area contributed by atoms with Crippen LogP contribution in [-0.2, 0) is 17.8 Å². The van der Waals surface area contributed by atoms with E-state index >= 15 is 0 Å². The smallest absolute Gasteiger partial charge is 0.325 e. The lowest BCUT2D eigenvalue weighted by Gasteiger charge is -2.23. The second-order valence-electron chi connectivity index (χ2n) is 4.10. The number of carboxylic acid groups (broad SMARTS) is 1. The van der Waals surface area contributed by atoms with Gasteiger partial charge in [-0.2, -0.15) is 5.10 Å². The fraction of sp³-hybridized carbons (Fsp3) is 0.636. The minimum atomic E-state index is -0.837. The molecular weight excluding hydrogens is 206 g/mol. The molecule has 0 bridgehead atoms. The van der Waals surface area contributed by atoms with E-state index in [2.05, 4.69) is 17.3 Å². The molecule has 0 aliphatic heterocycles. The van der Waals surface area contributed by atoms with Crippen molar-refractivity contribution >= 4 is 5.97 Å². The molecule has 1 aliphatic carbocycles. The molecule has 0 amide bonds. The lowest BCUT2D eigenvalue weighted by atomic mass is 9.93. The molecule has 1 aromatic rings. The highest BCUT2D eigenvalue weighted by atomic mass is 16.4. The Balaban J connectivity index is 2.23. The van der Waals surface area contributed by atoms with Gasteiger partial charge in [-0.3, -0.25) is 9.48 Å². The van der Waals surface area contributed by atoms with Gasteiger partial charge in [-0.1, -0.05) is 6.92 Å². The third kappa shape index (κ3) is 2.09. The molecule has 5 heteroatoms. The first-order valence-corrected chi connectivity index (χ1v) is 5.72. The number of fused-ring (bicyclic) bond motifs is 1. The van der Waals surface area contributed by atoms with Crippen LogP contribution in [0.3, 0.4) is 0 Å². The number of carboxylic acids is 1. The minimum absolute atomic E-state index is 0.0336. The zero-order valence-corrected chi connectivity index (χ0v) is 9.44. The molecule has 2 rings (SSSR count). The fourth-order valence-corrected chi connectivity index (χ4v) is 2.34. The molecule has 0 fully saturated rings. The van der Waals surface area contributed by atoms with E-state index in [1.807, 2.05) is 6.20 Å². The summed E-state index contributed by atoms with van der Waals surface area (Å²) in [6, 6.07) is 0.344. The van der Waals surface area contributed by atoms with Crippen LogP contribution in [-0.4, -0.2) is 27.4 Å². The summed E-state index contributed by atoms with van der Waals surface area (Å²) >= 11 is 0. The third-order valence-corrected chi connectivity index (χ3v) is 3.00. The summed E-state index contributed by atoms with van der Waals surface area (Å²) in [5.41, 5.74) is 2.26. The van der Waals surface area contributed by atoms with E-state index in [4.69, 9.17) is 5.11 Å². The van der Waals surface area contributed by atoms with Crippen molar-refractivity contribution in [3.8, 4) is 0 Å². The topological polar surface area (TPSA) is 67.2 Å². The van der Waals surface area contributed by atoms with Gasteiger partial charge >= 0.3 is 5.97 Å². The summed E-state index contributed by atoms with van der Waals surface area (Å²) < 4.78 is 1.61. The van der Waals surface area contributed by atoms with Crippen molar-refractivity contribution in [2.45, 2.75) is 38.8 Å². The Morgan fingerprint density at radius 1 is 1.75 bits per heavy atom. The molecule has 0 saturated carbocycles. The second kappa shape index (κ2) is 4.65. The van der Waals surface area contributed by atoms with E-state index < -0.39 is 5.97 Å². The molecule has 88 valence electrons. The van der Waals surface area contributed by atoms with Crippen LogP contribution < -0.4 is 5.32 Å². The van der Waals surface area contributed by atoms with Gasteiger partial charge in [-0.25, -0.2) is 0 Å². The maximum atomic E-state index is 10.7. The average Bonchev–Trinajstić information content (AvgIpc) is 2.63. The van der Waals surface area contributed by atoms with Crippen molar-refractivity contribution < 1.29 is 9.90 Å². The van der Waals surface area contributed by atoms with Crippen molar-refractivity contribution in [3.63, 3.8) is 0 Å². The fourth-order valence-electron chi connectivity index (χ4n) is 2.34. The van der Waals surface area contributed by atoms with Crippen molar-refractivity contribution in [1.82, 2.24) is 15.1 Å². The maximum Gasteiger partial charge on any atom is 0.325 e. The molecule has 2 N–H and O–H groups in total. The van der Waals surface area contributed by atoms with Gasteiger partial charge in [0.2, 0.25) is 0 Å². The molecule has 0 aromatic carbocycles. The number of aromatic nitrogens is 2. The van der Waals surface area contributed by atoms with Crippen LogP contribution in [0.1, 0.15) is 37.1 Å². The zero-order chi connectivity index (χ0) is 11.5. The summed E-state index contributed by atoms with van der Waals surface area (Å²) in [6.07, 6.45) is 4.95. The number of nitrogens with zero attached hydrogens (tertiary/aromatic N) is 2. The Hall–Kier alpha value is -1.36. The van der Waals surface area contributed by atoms with Gasteiger partial charge < -0.3 is 10.4 Å². The Morgan fingerprint density at radius 2 is 2.56 bits per heavy atom. The van der Waals surface area contributed by atoms with E-state index in [0.717, 1.165) is 31.5 Å². The molecular formula is C11H17N3O2. The summed E-state index contributed by atoms with van der Waals surface area (Å²) in [5.74, 6) is -0.837. The van der Waals surface area contributed by atoms with Crippen LogP contribution in [0, 0.1) is 0 Å². The van der Waals surface area contributed by atoms with E-state index in [0.29, 0.717) is 6.04 Å². The SMILES string of the molecule is CCNC1CCCc2c1cnn2CC(=O)O. The molecule has 1 unspecified atom stereocenters. The molecule has 1 heterocycles. The molecule has 5 nitrogen and oxygen atoms in total. The largest absolute Gasteiger partial charge is 0.480 e. The standard InChI is InChI=1S/C11H17N3O2/c1-2-12-9-4-3-5-10-8(9)6-13-14(10)7-11(15)16/h6,9,12H,2-5,7H2,1H3,(H,15,16). The quantitative estimate of drug-likeness (QED) is 0.797. The van der Waals surface area contributed by atoms with Crippen LogP contribution in [0.15, 0.2) is 6.20 Å². The lowest BCUT2D eigenvalue weighted by molar-refractivity contribution is -0.137. The van der Waals surface area contributed by atoms with Gasteiger partial charge in [0.05, 0.1) is 6.20 Å². The van der Waals surface area contributed by atoms with Crippen molar-refractivity contribution in [1.29, 1.82) is 0 Å². The Labute approximate surface area is 94.5 Å². The second-order valence-corrected chi connectivity index (χ2v) is 4.10. The molecule has 0 radical (unpaired) electrons. The number of aliphatic carboxylic acids is 1. The molecule has 0 saturated heterocycles. The Bertz CT molecular complexity index is 387. The molecule has 1 aliphatic rings. The van der Waals surface area contributed by atoms with Crippen LogP contribution in [0.4, 0.5) is 0 Å². The predicted octanol–water partition coefficient (Wildman–Crippen LogP) is 0.955. The Kier molecular flexibility index (Phi) is 3.24. The Morgan fingerprint density at radius 3 is 3.25 bits per heavy atom. The summed E-state index contributed by atoms with van der Waals surface area (Å²) in [5, 5.41) is 16.4. The molecule has 16 heavy (non-hydrogen) atoms. The van der Waals surface area contributed by atoms with Gasteiger partial charge in [-0.05, 0) is 25.8 Å². The lowest BCUT2D eigenvalue weighted by Crippen LogP contribution is -2.25. The van der Waals surface area contributed by atoms with Crippen LogP contribution >= 0.6 is 0 Å². The molecule has 0 spiro atoms. The van der Waals surface area contributed by atoms with Gasteiger partial charge in [-0.15, -0.1) is 0 Å². The normalized spacial score (nSPS) is 19.4. The number of hydrogen-bond donors (Lipinski definition) is 2. The van der Waals surface area contributed by atoms with E-state index in [1.165, 1.54) is 5.56 Å². The highest BCUT2D eigenvalue weighted by Crippen LogP contribution is 2.29. The summed E-state index contributed by atoms with van der Waals surface area (Å²) in [4.78, 5) is 10.7. The predicted molar refractivity (Wildman–Crippen MR) is 59.2 cm³/mol. The van der Waals surface area contributed by atoms with Gasteiger partial charge in [0.1, 0.15) is 6.54 Å². The first-order chi connectivity index (χ1) is 7.72. The third-order valence-electron chi connectivity index (χ3n) is 3.00.